The molecule has 0 bridgehead atoms. The molecule has 0 aromatic heterocycles. The van der Waals surface area contributed by atoms with Crippen LogP contribution in [-0.4, -0.2) is 32.7 Å². The zero-order chi connectivity index (χ0) is 14.5. The Labute approximate surface area is 126 Å². The molecule has 0 aliphatic carbocycles. The van der Waals surface area contributed by atoms with Crippen molar-refractivity contribution in [1.29, 1.82) is 0 Å². The van der Waals surface area contributed by atoms with Gasteiger partial charge in [0.2, 0.25) is 0 Å². The number of carbonyl (C=O) groups is 1. The Hall–Kier alpha value is -1.11. The van der Waals surface area contributed by atoms with Crippen LogP contribution in [0, 0.1) is 0 Å². The van der Waals surface area contributed by atoms with Crippen molar-refractivity contribution in [1.82, 2.24) is 5.32 Å². The lowest BCUT2D eigenvalue weighted by Crippen LogP contribution is -2.26. The summed E-state index contributed by atoms with van der Waals surface area (Å²) >= 11 is 0. The van der Waals surface area contributed by atoms with Crippen LogP contribution in [0.4, 0.5) is 0 Å². The highest BCUT2D eigenvalue weighted by Crippen LogP contribution is 2.16. The molecule has 0 atom stereocenters. The number of sulfone groups is 1. The molecule has 1 rings (SSSR count). The van der Waals surface area contributed by atoms with E-state index in [1.165, 1.54) is 24.3 Å². The summed E-state index contributed by atoms with van der Waals surface area (Å²) in [5.74, 6) is -0.220. The van der Waals surface area contributed by atoms with Crippen molar-refractivity contribution < 1.29 is 13.2 Å². The number of carbonyl (C=O) groups excluding carboxylic acids is 1. The Kier molecular flexibility index (Phi) is 7.78. The lowest BCUT2D eigenvalue weighted by Gasteiger charge is -2.09. The molecule has 0 saturated heterocycles. The van der Waals surface area contributed by atoms with Crippen LogP contribution < -0.4 is 11.1 Å². The number of amides is 1. The molecule has 0 saturated carbocycles. The third-order valence-electron chi connectivity index (χ3n) is 2.73. The van der Waals surface area contributed by atoms with Gasteiger partial charge < -0.3 is 11.1 Å². The minimum Gasteiger partial charge on any atom is -0.352 e. The lowest BCUT2D eigenvalue weighted by molar-refractivity contribution is 0.0953. The Bertz CT molecular complexity index is 527. The topological polar surface area (TPSA) is 89.3 Å². The van der Waals surface area contributed by atoms with E-state index in [0.29, 0.717) is 25.1 Å². The largest absolute Gasteiger partial charge is 0.352 e. The van der Waals surface area contributed by atoms with Gasteiger partial charge in [-0.1, -0.05) is 0 Å². The molecule has 20 heavy (non-hydrogen) atoms. The maximum atomic E-state index is 11.9. The van der Waals surface area contributed by atoms with Crippen molar-refractivity contribution in [3.05, 3.63) is 29.8 Å². The first-order valence-corrected chi connectivity index (χ1v) is 7.76. The van der Waals surface area contributed by atoms with Crippen LogP contribution in [0.25, 0.3) is 0 Å². The van der Waals surface area contributed by atoms with E-state index in [1.54, 1.807) is 13.8 Å². The van der Waals surface area contributed by atoms with E-state index in [9.17, 15) is 13.2 Å². The first-order chi connectivity index (χ1) is 8.89. The molecule has 0 fully saturated rings. The van der Waals surface area contributed by atoms with Gasteiger partial charge in [0, 0.05) is 12.1 Å². The molecule has 0 aliphatic heterocycles. The van der Waals surface area contributed by atoms with Crippen LogP contribution in [0.5, 0.6) is 0 Å². The van der Waals surface area contributed by atoms with Gasteiger partial charge >= 0.3 is 0 Å². The number of benzene rings is 1. The van der Waals surface area contributed by atoms with E-state index in [2.05, 4.69) is 5.32 Å². The molecule has 3 N–H and O–H groups in total. The van der Waals surface area contributed by atoms with Gasteiger partial charge in [0.15, 0.2) is 9.84 Å². The summed E-state index contributed by atoms with van der Waals surface area (Å²) in [5, 5.41) is 2.24. The van der Waals surface area contributed by atoms with Crippen LogP contribution in [0.1, 0.15) is 30.6 Å². The third kappa shape index (κ3) is 4.77. The van der Waals surface area contributed by atoms with Gasteiger partial charge in [-0.2, -0.15) is 0 Å². The van der Waals surface area contributed by atoms with Crippen molar-refractivity contribution in [3.63, 3.8) is 0 Å². The normalized spacial score (nSPS) is 11.0. The molecule has 114 valence electrons. The molecule has 5 nitrogen and oxygen atoms in total. The molecule has 7 heteroatoms. The van der Waals surface area contributed by atoms with Crippen molar-refractivity contribution in [2.24, 2.45) is 5.73 Å². The zero-order valence-corrected chi connectivity index (χ0v) is 13.3. The van der Waals surface area contributed by atoms with Gasteiger partial charge in [0.1, 0.15) is 0 Å². The summed E-state index contributed by atoms with van der Waals surface area (Å²) in [6.45, 7) is 4.29. The summed E-state index contributed by atoms with van der Waals surface area (Å²) in [7, 11) is -3.29. The maximum Gasteiger partial charge on any atom is 0.251 e. The lowest BCUT2D eigenvalue weighted by atomic mass is 10.2. The molecule has 0 unspecified atom stereocenters. The first kappa shape index (κ1) is 18.9. The summed E-state index contributed by atoms with van der Waals surface area (Å²) in [6.07, 6.45) is 0.714. The highest BCUT2D eigenvalue weighted by molar-refractivity contribution is 7.92. The number of nitrogens with one attached hydrogen (secondary N) is 1. The highest BCUT2D eigenvalue weighted by atomic mass is 35.5. The van der Waals surface area contributed by atoms with Crippen LogP contribution in [0.2, 0.25) is 0 Å². The van der Waals surface area contributed by atoms with E-state index < -0.39 is 15.1 Å². The number of nitrogens with two attached hydrogens (primary N) is 1. The second-order valence-electron chi connectivity index (χ2n) is 4.52. The smallest absolute Gasteiger partial charge is 0.251 e. The number of halogens is 1. The predicted molar refractivity (Wildman–Crippen MR) is 82.0 cm³/mol. The Morgan fingerprint density at radius 3 is 2.25 bits per heavy atom. The average molecular weight is 321 g/mol. The van der Waals surface area contributed by atoms with Gasteiger partial charge in [0.05, 0.1) is 10.1 Å². The number of rotatable bonds is 6. The van der Waals surface area contributed by atoms with Crippen LogP contribution in [0.15, 0.2) is 29.2 Å². The quantitative estimate of drug-likeness (QED) is 0.775. The van der Waals surface area contributed by atoms with E-state index in [-0.39, 0.29) is 23.2 Å². The van der Waals surface area contributed by atoms with Crippen molar-refractivity contribution >= 4 is 28.2 Å². The minimum atomic E-state index is -3.29. The molecular weight excluding hydrogens is 300 g/mol. The highest BCUT2D eigenvalue weighted by Gasteiger charge is 2.19. The van der Waals surface area contributed by atoms with E-state index in [0.717, 1.165) is 0 Å². The van der Waals surface area contributed by atoms with E-state index in [1.807, 2.05) is 0 Å². The fourth-order valence-electron chi connectivity index (χ4n) is 1.47. The Balaban J connectivity index is 0.00000361. The molecule has 0 aliphatic rings. The van der Waals surface area contributed by atoms with Gasteiger partial charge in [-0.25, -0.2) is 8.42 Å². The van der Waals surface area contributed by atoms with Crippen molar-refractivity contribution in [2.45, 2.75) is 30.4 Å². The zero-order valence-electron chi connectivity index (χ0n) is 11.6. The van der Waals surface area contributed by atoms with Gasteiger partial charge in [-0.3, -0.25) is 4.79 Å². The molecule has 1 aromatic rings. The number of hydrogen-bond acceptors (Lipinski definition) is 4. The predicted octanol–water partition coefficient (Wildman–Crippen LogP) is 1.37. The SMILES string of the molecule is CC(C)S(=O)(=O)c1ccc(C(=O)NCCCN)cc1.Cl. The summed E-state index contributed by atoms with van der Waals surface area (Å²) in [6, 6.07) is 5.97. The number of hydrogen-bond donors (Lipinski definition) is 2. The molecular formula is C13H21ClN2O3S. The third-order valence-corrected chi connectivity index (χ3v) is 4.90. The van der Waals surface area contributed by atoms with Crippen molar-refractivity contribution in [3.8, 4) is 0 Å². The van der Waals surface area contributed by atoms with Gasteiger partial charge in [0.25, 0.3) is 5.91 Å². The molecule has 0 heterocycles. The van der Waals surface area contributed by atoms with Crippen LogP contribution in [0.3, 0.4) is 0 Å². The van der Waals surface area contributed by atoms with Crippen LogP contribution in [-0.2, 0) is 9.84 Å². The molecule has 1 aromatic carbocycles. The second-order valence-corrected chi connectivity index (χ2v) is 7.02. The van der Waals surface area contributed by atoms with E-state index in [4.69, 9.17) is 5.73 Å². The fourth-order valence-corrected chi connectivity index (χ4v) is 2.53. The van der Waals surface area contributed by atoms with Crippen molar-refractivity contribution in [2.75, 3.05) is 13.1 Å². The average Bonchev–Trinajstić information content (AvgIpc) is 2.39. The van der Waals surface area contributed by atoms with Crippen LogP contribution >= 0.6 is 12.4 Å². The summed E-state index contributed by atoms with van der Waals surface area (Å²) < 4.78 is 23.8. The summed E-state index contributed by atoms with van der Waals surface area (Å²) in [4.78, 5) is 12.0. The van der Waals surface area contributed by atoms with Gasteiger partial charge in [-0.05, 0) is 51.1 Å². The summed E-state index contributed by atoms with van der Waals surface area (Å²) in [5.41, 5.74) is 5.78. The second kappa shape index (κ2) is 8.24. The molecule has 0 radical (unpaired) electrons. The first-order valence-electron chi connectivity index (χ1n) is 6.22. The standard InChI is InChI=1S/C13H20N2O3S.ClH/c1-10(2)19(17,18)12-6-4-11(5-7-12)13(16)15-9-3-8-14;/h4-7,10H,3,8-9,14H2,1-2H3,(H,15,16);1H. The van der Waals surface area contributed by atoms with E-state index >= 15 is 0 Å². The maximum absolute atomic E-state index is 11.9. The fraction of sp³-hybridized carbons (Fsp3) is 0.462. The monoisotopic (exact) mass is 320 g/mol. The Morgan fingerprint density at radius 1 is 1.25 bits per heavy atom. The van der Waals surface area contributed by atoms with Gasteiger partial charge in [-0.15, -0.1) is 12.4 Å². The molecule has 0 spiro atoms. The minimum absolute atomic E-state index is 0. The molecule has 1 amide bonds. The Morgan fingerprint density at radius 2 is 1.80 bits per heavy atom.